The van der Waals surface area contributed by atoms with Crippen LogP contribution in [0.25, 0.3) is 0 Å². The summed E-state index contributed by atoms with van der Waals surface area (Å²) < 4.78 is 19.2. The van der Waals surface area contributed by atoms with Gasteiger partial charge in [-0.15, -0.1) is 0 Å². The van der Waals surface area contributed by atoms with Gasteiger partial charge in [0.2, 0.25) is 0 Å². The lowest BCUT2D eigenvalue weighted by Gasteiger charge is -2.19. The molecule has 0 saturated heterocycles. The van der Waals surface area contributed by atoms with Gasteiger partial charge < -0.3 is 4.74 Å². The van der Waals surface area contributed by atoms with Gasteiger partial charge in [0.1, 0.15) is 11.6 Å². The Hall–Kier alpha value is -1.69. The summed E-state index contributed by atoms with van der Waals surface area (Å²) >= 11 is 6.02. The number of nitrogens with two attached hydrogens (primary N) is 1. The number of halogens is 2. The third-order valence-corrected chi connectivity index (χ3v) is 3.30. The first kappa shape index (κ1) is 15.7. The van der Waals surface area contributed by atoms with Gasteiger partial charge in [0, 0.05) is 6.20 Å². The number of pyridine rings is 1. The second-order valence-corrected chi connectivity index (χ2v) is 5.24. The van der Waals surface area contributed by atoms with Crippen LogP contribution in [0.3, 0.4) is 0 Å². The van der Waals surface area contributed by atoms with Crippen molar-refractivity contribution in [3.05, 3.63) is 58.6 Å². The lowest BCUT2D eigenvalue weighted by molar-refractivity contribution is 0.241. The number of nitrogens with one attached hydrogen (secondary N) is 1. The van der Waals surface area contributed by atoms with Crippen molar-refractivity contribution >= 4 is 11.6 Å². The van der Waals surface area contributed by atoms with E-state index < -0.39 is 11.9 Å². The Labute approximate surface area is 128 Å². The minimum Gasteiger partial charge on any atom is -0.489 e. The Morgan fingerprint density at radius 3 is 2.76 bits per heavy atom. The van der Waals surface area contributed by atoms with Gasteiger partial charge in [-0.3, -0.25) is 10.8 Å². The number of aromatic nitrogens is 1. The molecule has 1 unspecified atom stereocenters. The Bertz CT molecular complexity index is 622. The fourth-order valence-corrected chi connectivity index (χ4v) is 2.27. The highest BCUT2D eigenvalue weighted by molar-refractivity contribution is 6.31. The normalized spacial score (nSPS) is 12.5. The number of ether oxygens (including phenoxy) is 1. The van der Waals surface area contributed by atoms with E-state index >= 15 is 0 Å². The maximum absolute atomic E-state index is 13.6. The predicted octanol–water partition coefficient (Wildman–Crippen LogP) is 3.21. The molecule has 0 amide bonds. The lowest BCUT2D eigenvalue weighted by Crippen LogP contribution is -2.29. The Morgan fingerprint density at radius 2 is 2.10 bits per heavy atom. The van der Waals surface area contributed by atoms with Gasteiger partial charge in [-0.05, 0) is 37.1 Å². The highest BCUT2D eigenvalue weighted by Crippen LogP contribution is 2.30. The van der Waals surface area contributed by atoms with E-state index in [2.05, 4.69) is 10.4 Å². The molecule has 1 aromatic heterocycles. The zero-order valence-corrected chi connectivity index (χ0v) is 12.6. The first-order valence-corrected chi connectivity index (χ1v) is 6.92. The number of nitrogens with zero attached hydrogens (tertiary/aromatic N) is 1. The second-order valence-electron chi connectivity index (χ2n) is 4.86. The van der Waals surface area contributed by atoms with Crippen molar-refractivity contribution in [2.45, 2.75) is 26.0 Å². The molecule has 2 rings (SSSR count). The smallest absolute Gasteiger partial charge is 0.142 e. The average molecular weight is 310 g/mol. The van der Waals surface area contributed by atoms with Crippen molar-refractivity contribution in [3.63, 3.8) is 0 Å². The molecule has 0 aliphatic heterocycles. The molecule has 112 valence electrons. The van der Waals surface area contributed by atoms with Crippen LogP contribution in [0, 0.1) is 5.82 Å². The van der Waals surface area contributed by atoms with E-state index in [0.29, 0.717) is 11.3 Å². The van der Waals surface area contributed by atoms with Crippen LogP contribution in [0.1, 0.15) is 31.0 Å². The van der Waals surface area contributed by atoms with Gasteiger partial charge in [-0.25, -0.2) is 9.82 Å². The topological polar surface area (TPSA) is 60.2 Å². The molecule has 0 bridgehead atoms. The van der Waals surface area contributed by atoms with Crippen molar-refractivity contribution < 1.29 is 9.13 Å². The van der Waals surface area contributed by atoms with E-state index in [1.807, 2.05) is 13.8 Å². The molecule has 0 spiro atoms. The molecule has 0 saturated carbocycles. The van der Waals surface area contributed by atoms with Gasteiger partial charge in [-0.1, -0.05) is 23.7 Å². The van der Waals surface area contributed by atoms with Crippen LogP contribution in [0.4, 0.5) is 4.39 Å². The van der Waals surface area contributed by atoms with E-state index in [4.69, 9.17) is 22.2 Å². The van der Waals surface area contributed by atoms with Crippen molar-refractivity contribution in [1.82, 2.24) is 10.4 Å². The Morgan fingerprint density at radius 1 is 1.33 bits per heavy atom. The van der Waals surface area contributed by atoms with Crippen LogP contribution < -0.4 is 16.0 Å². The molecule has 1 heterocycles. The lowest BCUT2D eigenvalue weighted by atomic mass is 10.0. The molecular formula is C15H17ClFN3O. The molecule has 2 aromatic rings. The number of hydrazine groups is 1. The summed E-state index contributed by atoms with van der Waals surface area (Å²) in [6.45, 7) is 3.85. The molecule has 6 heteroatoms. The zero-order valence-electron chi connectivity index (χ0n) is 11.8. The molecule has 0 aliphatic rings. The molecular weight excluding hydrogens is 293 g/mol. The third-order valence-electron chi connectivity index (χ3n) is 2.90. The number of hydrogen-bond donors (Lipinski definition) is 2. The van der Waals surface area contributed by atoms with Crippen LogP contribution in [0.5, 0.6) is 5.75 Å². The summed E-state index contributed by atoms with van der Waals surface area (Å²) in [5, 5.41) is 0.0376. The van der Waals surface area contributed by atoms with Crippen LogP contribution in [-0.2, 0) is 0 Å². The molecule has 4 nitrogen and oxygen atoms in total. The molecule has 0 radical (unpaired) electrons. The Kier molecular flexibility index (Phi) is 5.12. The van der Waals surface area contributed by atoms with E-state index in [1.165, 1.54) is 6.07 Å². The van der Waals surface area contributed by atoms with Crippen LogP contribution >= 0.6 is 11.6 Å². The van der Waals surface area contributed by atoms with Gasteiger partial charge >= 0.3 is 0 Å². The van der Waals surface area contributed by atoms with Gasteiger partial charge in [0.15, 0.2) is 0 Å². The third kappa shape index (κ3) is 3.69. The quantitative estimate of drug-likeness (QED) is 0.657. The van der Waals surface area contributed by atoms with E-state index in [-0.39, 0.29) is 11.1 Å². The maximum Gasteiger partial charge on any atom is 0.142 e. The summed E-state index contributed by atoms with van der Waals surface area (Å²) in [6, 6.07) is 5.93. The monoisotopic (exact) mass is 309 g/mol. The summed E-state index contributed by atoms with van der Waals surface area (Å²) in [6.07, 6.45) is 3.28. The molecule has 1 aromatic carbocycles. The largest absolute Gasteiger partial charge is 0.489 e. The van der Waals surface area contributed by atoms with E-state index in [1.54, 1.807) is 30.6 Å². The Balaban J connectivity index is 2.39. The molecule has 0 aliphatic carbocycles. The van der Waals surface area contributed by atoms with Crippen molar-refractivity contribution in [1.29, 1.82) is 0 Å². The number of rotatable bonds is 5. The van der Waals surface area contributed by atoms with Crippen LogP contribution in [-0.4, -0.2) is 11.1 Å². The van der Waals surface area contributed by atoms with Crippen molar-refractivity contribution in [2.24, 2.45) is 5.84 Å². The number of benzene rings is 1. The highest BCUT2D eigenvalue weighted by Gasteiger charge is 2.18. The summed E-state index contributed by atoms with van der Waals surface area (Å²) in [5.74, 6) is 5.74. The molecule has 1 atom stereocenters. The summed E-state index contributed by atoms with van der Waals surface area (Å²) in [4.78, 5) is 4.13. The second kappa shape index (κ2) is 6.85. The highest BCUT2D eigenvalue weighted by atomic mass is 35.5. The van der Waals surface area contributed by atoms with E-state index in [0.717, 1.165) is 5.56 Å². The minimum absolute atomic E-state index is 0.0316. The molecule has 0 fully saturated rings. The fourth-order valence-electron chi connectivity index (χ4n) is 2.04. The first-order valence-electron chi connectivity index (χ1n) is 6.54. The molecule has 21 heavy (non-hydrogen) atoms. The van der Waals surface area contributed by atoms with Crippen molar-refractivity contribution in [3.8, 4) is 5.75 Å². The summed E-state index contributed by atoms with van der Waals surface area (Å²) in [7, 11) is 0. The number of hydrogen-bond acceptors (Lipinski definition) is 4. The van der Waals surface area contributed by atoms with Crippen LogP contribution in [0.15, 0.2) is 36.7 Å². The maximum atomic E-state index is 13.6. The predicted molar refractivity (Wildman–Crippen MR) is 80.6 cm³/mol. The fraction of sp³-hybridized carbons (Fsp3) is 0.267. The summed E-state index contributed by atoms with van der Waals surface area (Å²) in [5.41, 5.74) is 3.92. The zero-order chi connectivity index (χ0) is 15.4. The first-order chi connectivity index (χ1) is 10.0. The van der Waals surface area contributed by atoms with E-state index in [9.17, 15) is 4.39 Å². The van der Waals surface area contributed by atoms with Crippen LogP contribution in [0.2, 0.25) is 5.02 Å². The van der Waals surface area contributed by atoms with Gasteiger partial charge in [0.05, 0.1) is 23.4 Å². The average Bonchev–Trinajstić information content (AvgIpc) is 2.44. The van der Waals surface area contributed by atoms with Crippen molar-refractivity contribution in [2.75, 3.05) is 0 Å². The SMILES string of the molecule is CC(C)Oc1cncc(C(NN)c2cccc(F)c2Cl)c1. The molecule has 3 N–H and O–H groups in total. The minimum atomic E-state index is -0.489. The van der Waals surface area contributed by atoms with Gasteiger partial charge in [0.25, 0.3) is 0 Å². The standard InChI is InChI=1S/C15H17ClFN3O/c1-9(2)21-11-6-10(7-19-8-11)15(20-18)12-4-3-5-13(17)14(12)16/h3-9,15,20H,18H2,1-2H3. The van der Waals surface area contributed by atoms with Gasteiger partial charge in [-0.2, -0.15) is 0 Å².